The molecule has 116 valence electrons. The Bertz CT molecular complexity index is 791. The molecule has 1 unspecified atom stereocenters. The first-order valence-electron chi connectivity index (χ1n) is 7.92. The van der Waals surface area contributed by atoms with Crippen LogP contribution in [0.25, 0.3) is 11.1 Å². The van der Waals surface area contributed by atoms with Crippen molar-refractivity contribution in [3.63, 3.8) is 0 Å². The van der Waals surface area contributed by atoms with E-state index in [1.54, 1.807) is 12.1 Å². The van der Waals surface area contributed by atoms with Crippen LogP contribution in [0.1, 0.15) is 39.1 Å². The molecule has 1 amide bonds. The van der Waals surface area contributed by atoms with Crippen molar-refractivity contribution < 1.29 is 14.3 Å². The maximum absolute atomic E-state index is 12.5. The van der Waals surface area contributed by atoms with Crippen molar-refractivity contribution in [2.45, 2.75) is 18.9 Å². The number of hydrogen-bond acceptors (Lipinski definition) is 3. The van der Waals surface area contributed by atoms with E-state index in [-0.39, 0.29) is 17.8 Å². The van der Waals surface area contributed by atoms with Gasteiger partial charge < -0.3 is 10.1 Å². The average molecular weight is 307 g/mol. The predicted octanol–water partition coefficient (Wildman–Crippen LogP) is 2.81. The maximum Gasteiger partial charge on any atom is 0.251 e. The largest absolute Gasteiger partial charge is 0.376 e. The van der Waals surface area contributed by atoms with Gasteiger partial charge in [0.05, 0.1) is 6.10 Å². The molecular formula is C19H17NO3. The van der Waals surface area contributed by atoms with E-state index in [4.69, 9.17) is 4.74 Å². The topological polar surface area (TPSA) is 55.4 Å². The van der Waals surface area contributed by atoms with Crippen LogP contribution in [0.5, 0.6) is 0 Å². The number of benzene rings is 2. The fourth-order valence-electron chi connectivity index (χ4n) is 3.28. The number of ether oxygens (including phenoxy) is 1. The van der Waals surface area contributed by atoms with Crippen molar-refractivity contribution in [1.82, 2.24) is 5.32 Å². The van der Waals surface area contributed by atoms with Crippen molar-refractivity contribution in [3.8, 4) is 11.1 Å². The van der Waals surface area contributed by atoms with Crippen LogP contribution in [-0.4, -0.2) is 30.9 Å². The number of rotatable bonds is 3. The number of amides is 1. The minimum absolute atomic E-state index is 0.00984. The molecule has 1 N–H and O–H groups in total. The number of fused-ring (bicyclic) bond motifs is 3. The first kappa shape index (κ1) is 14.2. The van der Waals surface area contributed by atoms with E-state index in [9.17, 15) is 9.59 Å². The number of carbonyl (C=O) groups is 2. The Kier molecular flexibility index (Phi) is 3.46. The Labute approximate surface area is 134 Å². The van der Waals surface area contributed by atoms with E-state index in [2.05, 4.69) is 5.32 Å². The fourth-order valence-corrected chi connectivity index (χ4v) is 3.28. The molecule has 1 fully saturated rings. The highest BCUT2D eigenvalue weighted by atomic mass is 16.5. The summed E-state index contributed by atoms with van der Waals surface area (Å²) < 4.78 is 5.50. The Morgan fingerprint density at radius 3 is 2.65 bits per heavy atom. The molecule has 2 aromatic carbocycles. The highest BCUT2D eigenvalue weighted by Crippen LogP contribution is 2.36. The van der Waals surface area contributed by atoms with Crippen molar-refractivity contribution in [3.05, 3.63) is 59.2 Å². The Balaban J connectivity index is 1.56. The molecule has 2 aliphatic rings. The van der Waals surface area contributed by atoms with Crippen molar-refractivity contribution >= 4 is 11.7 Å². The third-order valence-electron chi connectivity index (χ3n) is 4.50. The number of nitrogens with one attached hydrogen (secondary N) is 1. The monoisotopic (exact) mass is 307 g/mol. The lowest BCUT2D eigenvalue weighted by molar-refractivity contribution is 0.0858. The van der Waals surface area contributed by atoms with Crippen molar-refractivity contribution in [2.75, 3.05) is 13.2 Å². The van der Waals surface area contributed by atoms with Crippen LogP contribution in [0, 0.1) is 0 Å². The van der Waals surface area contributed by atoms with E-state index < -0.39 is 0 Å². The number of hydrogen-bond donors (Lipinski definition) is 1. The van der Waals surface area contributed by atoms with Gasteiger partial charge >= 0.3 is 0 Å². The Morgan fingerprint density at radius 2 is 1.87 bits per heavy atom. The lowest BCUT2D eigenvalue weighted by Crippen LogP contribution is -2.31. The van der Waals surface area contributed by atoms with Crippen LogP contribution in [0.4, 0.5) is 0 Å². The van der Waals surface area contributed by atoms with Crippen LogP contribution < -0.4 is 5.32 Å². The van der Waals surface area contributed by atoms with Gasteiger partial charge in [0, 0.05) is 29.8 Å². The first-order chi connectivity index (χ1) is 11.2. The van der Waals surface area contributed by atoms with Gasteiger partial charge in [-0.3, -0.25) is 9.59 Å². The molecule has 0 bridgehead atoms. The highest BCUT2D eigenvalue weighted by Gasteiger charge is 2.27. The van der Waals surface area contributed by atoms with Gasteiger partial charge in [-0.2, -0.15) is 0 Å². The van der Waals surface area contributed by atoms with Gasteiger partial charge in [-0.1, -0.05) is 30.3 Å². The lowest BCUT2D eigenvalue weighted by Gasteiger charge is -2.11. The number of carbonyl (C=O) groups excluding carboxylic acids is 2. The van der Waals surface area contributed by atoms with Crippen LogP contribution in [0.2, 0.25) is 0 Å². The molecule has 2 aromatic rings. The van der Waals surface area contributed by atoms with Gasteiger partial charge in [0.15, 0.2) is 5.78 Å². The van der Waals surface area contributed by atoms with Gasteiger partial charge in [-0.15, -0.1) is 0 Å². The minimum Gasteiger partial charge on any atom is -0.376 e. The van der Waals surface area contributed by atoms with Gasteiger partial charge in [0.1, 0.15) is 0 Å². The Hall–Kier alpha value is -2.46. The quantitative estimate of drug-likeness (QED) is 0.809. The molecule has 0 saturated carbocycles. The molecule has 0 radical (unpaired) electrons. The summed E-state index contributed by atoms with van der Waals surface area (Å²) in [6.45, 7) is 1.29. The zero-order valence-corrected chi connectivity index (χ0v) is 12.7. The predicted molar refractivity (Wildman–Crippen MR) is 86.6 cm³/mol. The third kappa shape index (κ3) is 2.45. The van der Waals surface area contributed by atoms with Crippen LogP contribution >= 0.6 is 0 Å². The SMILES string of the molecule is O=C(NCC1CCCO1)c1ccc2c(c1)C(=O)c1ccccc1-2. The van der Waals surface area contributed by atoms with Crippen LogP contribution in [-0.2, 0) is 4.74 Å². The second-order valence-corrected chi connectivity index (χ2v) is 5.98. The van der Waals surface area contributed by atoms with E-state index in [1.807, 2.05) is 30.3 Å². The summed E-state index contributed by atoms with van der Waals surface area (Å²) in [7, 11) is 0. The molecule has 0 aromatic heterocycles. The molecule has 4 nitrogen and oxygen atoms in total. The molecule has 1 atom stereocenters. The molecule has 4 rings (SSSR count). The van der Waals surface area contributed by atoms with Gasteiger partial charge in [0.2, 0.25) is 0 Å². The van der Waals surface area contributed by atoms with Gasteiger partial charge in [-0.05, 0) is 36.1 Å². The zero-order chi connectivity index (χ0) is 15.8. The van der Waals surface area contributed by atoms with E-state index in [1.165, 1.54) is 0 Å². The van der Waals surface area contributed by atoms with Crippen molar-refractivity contribution in [1.29, 1.82) is 0 Å². The van der Waals surface area contributed by atoms with E-state index in [0.29, 0.717) is 23.2 Å². The molecule has 0 spiro atoms. The Morgan fingerprint density at radius 1 is 1.09 bits per heavy atom. The average Bonchev–Trinajstić information content (AvgIpc) is 3.20. The molecule has 1 heterocycles. The van der Waals surface area contributed by atoms with E-state index in [0.717, 1.165) is 30.6 Å². The maximum atomic E-state index is 12.5. The summed E-state index contributed by atoms with van der Waals surface area (Å²) in [4.78, 5) is 24.8. The zero-order valence-electron chi connectivity index (χ0n) is 12.7. The van der Waals surface area contributed by atoms with E-state index >= 15 is 0 Å². The van der Waals surface area contributed by atoms with Gasteiger partial charge in [-0.25, -0.2) is 0 Å². The summed E-state index contributed by atoms with van der Waals surface area (Å²) in [6, 6.07) is 12.9. The molecule has 1 saturated heterocycles. The second kappa shape index (κ2) is 5.63. The minimum atomic E-state index is -0.160. The summed E-state index contributed by atoms with van der Waals surface area (Å²) in [5.74, 6) is -0.170. The standard InChI is InChI=1S/C19H17NO3/c21-18-16-6-2-1-5-14(16)15-8-7-12(10-17(15)18)19(22)20-11-13-4-3-9-23-13/h1-2,5-8,10,13H,3-4,9,11H2,(H,20,22). The van der Waals surface area contributed by atoms with Crippen molar-refractivity contribution in [2.24, 2.45) is 0 Å². The summed E-state index contributed by atoms with van der Waals surface area (Å²) >= 11 is 0. The second-order valence-electron chi connectivity index (χ2n) is 5.98. The normalized spacial score (nSPS) is 18.6. The summed E-state index contributed by atoms with van der Waals surface area (Å²) in [5.41, 5.74) is 3.68. The molecule has 4 heteroatoms. The molecule has 1 aliphatic heterocycles. The summed E-state index contributed by atoms with van der Waals surface area (Å²) in [5, 5.41) is 2.89. The molecule has 23 heavy (non-hydrogen) atoms. The van der Waals surface area contributed by atoms with Crippen LogP contribution in [0.15, 0.2) is 42.5 Å². The first-order valence-corrected chi connectivity index (χ1v) is 7.92. The summed E-state index contributed by atoms with van der Waals surface area (Å²) in [6.07, 6.45) is 2.14. The van der Waals surface area contributed by atoms with Crippen LogP contribution in [0.3, 0.4) is 0 Å². The number of ketones is 1. The third-order valence-corrected chi connectivity index (χ3v) is 4.50. The smallest absolute Gasteiger partial charge is 0.251 e. The van der Waals surface area contributed by atoms with Gasteiger partial charge in [0.25, 0.3) is 5.91 Å². The molecule has 1 aliphatic carbocycles. The fraction of sp³-hybridized carbons (Fsp3) is 0.263. The molecular weight excluding hydrogens is 290 g/mol. The highest BCUT2D eigenvalue weighted by molar-refractivity contribution is 6.22. The lowest BCUT2D eigenvalue weighted by atomic mass is 10.0.